The topological polar surface area (TPSA) is 29.9 Å². The zero-order valence-corrected chi connectivity index (χ0v) is 10.3. The lowest BCUT2D eigenvalue weighted by Crippen LogP contribution is -2.29. The highest BCUT2D eigenvalue weighted by atomic mass is 35.5. The molecule has 18 heavy (non-hydrogen) atoms. The summed E-state index contributed by atoms with van der Waals surface area (Å²) in [7, 11) is 1.75. The zero-order valence-electron chi connectivity index (χ0n) is 9.55. The molecule has 1 heterocycles. The Morgan fingerprint density at radius 1 is 1.39 bits per heavy atom. The molecule has 0 radical (unpaired) electrons. The number of aromatic nitrogens is 2. The lowest BCUT2D eigenvalue weighted by molar-refractivity contribution is -0.125. The second-order valence-corrected chi connectivity index (χ2v) is 4.38. The van der Waals surface area contributed by atoms with Gasteiger partial charge in [0.15, 0.2) is 0 Å². The fourth-order valence-corrected chi connectivity index (χ4v) is 1.85. The lowest BCUT2D eigenvalue weighted by Gasteiger charge is -2.07. The molecular weight excluding hydrogens is 267 g/mol. The van der Waals surface area contributed by atoms with Crippen molar-refractivity contribution in [1.29, 1.82) is 0 Å². The number of imidazole rings is 1. The van der Waals surface area contributed by atoms with Crippen LogP contribution in [0.25, 0.3) is 11.0 Å². The third kappa shape index (κ3) is 2.94. The molecule has 0 atom stereocenters. The van der Waals surface area contributed by atoms with Crippen LogP contribution in [-0.2, 0) is 13.6 Å². The fraction of sp³-hybridized carbons (Fsp3) is 0.364. The van der Waals surface area contributed by atoms with Gasteiger partial charge in [-0.15, -0.1) is 0 Å². The second kappa shape index (κ2) is 4.78. The summed E-state index contributed by atoms with van der Waals surface area (Å²) in [5.74, 6) is 0.538. The summed E-state index contributed by atoms with van der Waals surface area (Å²) in [6.45, 7) is -0.973. The molecule has 0 aliphatic heterocycles. The maximum Gasteiger partial charge on any atom is 0.401 e. The molecule has 0 fully saturated rings. The molecule has 1 aromatic carbocycles. The first-order valence-corrected chi connectivity index (χ1v) is 5.63. The highest BCUT2D eigenvalue weighted by Crippen LogP contribution is 2.20. The van der Waals surface area contributed by atoms with E-state index in [1.165, 1.54) is 0 Å². The molecule has 0 saturated heterocycles. The SMILES string of the molecule is Cn1c(CNCC(F)(F)F)nc2ccc(Cl)cc21. The van der Waals surface area contributed by atoms with Crippen molar-refractivity contribution in [3.63, 3.8) is 0 Å². The predicted molar refractivity (Wildman–Crippen MR) is 63.5 cm³/mol. The van der Waals surface area contributed by atoms with E-state index in [9.17, 15) is 13.2 Å². The van der Waals surface area contributed by atoms with Crippen molar-refractivity contribution in [2.75, 3.05) is 6.54 Å². The van der Waals surface area contributed by atoms with Crippen molar-refractivity contribution in [2.24, 2.45) is 7.05 Å². The molecular formula is C11H11ClF3N3. The van der Waals surface area contributed by atoms with Gasteiger partial charge >= 0.3 is 6.18 Å². The minimum absolute atomic E-state index is 0.0578. The lowest BCUT2D eigenvalue weighted by atomic mass is 10.3. The molecule has 3 nitrogen and oxygen atoms in total. The minimum Gasteiger partial charge on any atom is -0.330 e. The number of fused-ring (bicyclic) bond motifs is 1. The summed E-state index contributed by atoms with van der Waals surface area (Å²) in [5.41, 5.74) is 1.51. The monoisotopic (exact) mass is 277 g/mol. The van der Waals surface area contributed by atoms with Crippen LogP contribution in [0.2, 0.25) is 5.02 Å². The van der Waals surface area contributed by atoms with Gasteiger partial charge in [-0.2, -0.15) is 13.2 Å². The van der Waals surface area contributed by atoms with E-state index < -0.39 is 12.7 Å². The van der Waals surface area contributed by atoms with Crippen LogP contribution >= 0.6 is 11.6 Å². The number of halogens is 4. The van der Waals surface area contributed by atoms with Crippen molar-refractivity contribution in [3.8, 4) is 0 Å². The van der Waals surface area contributed by atoms with Gasteiger partial charge in [0.2, 0.25) is 0 Å². The van der Waals surface area contributed by atoms with Crippen LogP contribution in [0.4, 0.5) is 13.2 Å². The standard InChI is InChI=1S/C11H11ClF3N3/c1-18-9-4-7(12)2-3-8(9)17-10(18)5-16-6-11(13,14)15/h2-4,16H,5-6H2,1H3. The van der Waals surface area contributed by atoms with E-state index in [2.05, 4.69) is 10.3 Å². The molecule has 0 aliphatic carbocycles. The second-order valence-electron chi connectivity index (χ2n) is 3.94. The van der Waals surface area contributed by atoms with Crippen LogP contribution in [0.3, 0.4) is 0 Å². The number of alkyl halides is 3. The van der Waals surface area contributed by atoms with Gasteiger partial charge in [-0.1, -0.05) is 11.6 Å². The van der Waals surface area contributed by atoms with E-state index >= 15 is 0 Å². The van der Waals surface area contributed by atoms with Gasteiger partial charge in [0.05, 0.1) is 24.1 Å². The average Bonchev–Trinajstić information content (AvgIpc) is 2.55. The summed E-state index contributed by atoms with van der Waals surface area (Å²) in [6.07, 6.45) is -4.21. The first-order valence-electron chi connectivity index (χ1n) is 5.25. The number of aryl methyl sites for hydroxylation is 1. The zero-order chi connectivity index (χ0) is 13.3. The van der Waals surface area contributed by atoms with Crippen LogP contribution in [0.5, 0.6) is 0 Å². The van der Waals surface area contributed by atoms with Gasteiger partial charge < -0.3 is 9.88 Å². The summed E-state index contributed by atoms with van der Waals surface area (Å²) in [5, 5.41) is 2.89. The Labute approximate surface area is 107 Å². The molecule has 2 aromatic rings. The maximum absolute atomic E-state index is 12.0. The number of rotatable bonds is 3. The molecule has 0 amide bonds. The molecule has 0 saturated carbocycles. The number of hydrogen-bond donors (Lipinski definition) is 1. The van der Waals surface area contributed by atoms with E-state index in [1.807, 2.05) is 0 Å². The maximum atomic E-state index is 12.0. The largest absolute Gasteiger partial charge is 0.401 e. The average molecular weight is 278 g/mol. The van der Waals surface area contributed by atoms with E-state index in [0.29, 0.717) is 16.4 Å². The van der Waals surface area contributed by atoms with Gasteiger partial charge in [-0.05, 0) is 18.2 Å². The fourth-order valence-electron chi connectivity index (χ4n) is 1.69. The Bertz CT molecular complexity index is 562. The Kier molecular flexibility index (Phi) is 3.49. The molecule has 98 valence electrons. The molecule has 7 heteroatoms. The van der Waals surface area contributed by atoms with E-state index in [-0.39, 0.29) is 6.54 Å². The Balaban J connectivity index is 2.17. The van der Waals surface area contributed by atoms with Crippen molar-refractivity contribution < 1.29 is 13.2 Å². The van der Waals surface area contributed by atoms with E-state index in [0.717, 1.165) is 5.52 Å². The van der Waals surface area contributed by atoms with Gasteiger partial charge in [0.25, 0.3) is 0 Å². The Morgan fingerprint density at radius 2 is 2.11 bits per heavy atom. The molecule has 1 aromatic heterocycles. The summed E-state index contributed by atoms with van der Waals surface area (Å²) in [4.78, 5) is 4.25. The highest BCUT2D eigenvalue weighted by Gasteiger charge is 2.26. The van der Waals surface area contributed by atoms with Gasteiger partial charge in [-0.25, -0.2) is 4.98 Å². The molecule has 2 rings (SSSR count). The van der Waals surface area contributed by atoms with Crippen molar-refractivity contribution in [3.05, 3.63) is 29.0 Å². The van der Waals surface area contributed by atoms with Crippen molar-refractivity contribution in [1.82, 2.24) is 14.9 Å². The summed E-state index contributed by atoms with van der Waals surface area (Å²) >= 11 is 5.86. The number of hydrogen-bond acceptors (Lipinski definition) is 2. The van der Waals surface area contributed by atoms with Crippen molar-refractivity contribution >= 4 is 22.6 Å². The first-order chi connectivity index (χ1) is 8.37. The Hall–Kier alpha value is -1.27. The quantitative estimate of drug-likeness (QED) is 0.935. The van der Waals surface area contributed by atoms with Gasteiger partial charge in [0.1, 0.15) is 5.82 Å². The highest BCUT2D eigenvalue weighted by molar-refractivity contribution is 6.31. The normalized spacial score (nSPS) is 12.3. The Morgan fingerprint density at radius 3 is 2.78 bits per heavy atom. The van der Waals surface area contributed by atoms with Crippen LogP contribution < -0.4 is 5.32 Å². The van der Waals surface area contributed by atoms with Gasteiger partial charge in [-0.3, -0.25) is 0 Å². The molecule has 1 N–H and O–H groups in total. The van der Waals surface area contributed by atoms with Crippen LogP contribution in [0, 0.1) is 0 Å². The number of benzene rings is 1. The molecule has 0 aliphatic rings. The number of nitrogens with zero attached hydrogens (tertiary/aromatic N) is 2. The van der Waals surface area contributed by atoms with Crippen LogP contribution in [0.1, 0.15) is 5.82 Å². The molecule has 0 unspecified atom stereocenters. The van der Waals surface area contributed by atoms with Crippen LogP contribution in [0.15, 0.2) is 18.2 Å². The molecule has 0 bridgehead atoms. The van der Waals surface area contributed by atoms with Crippen molar-refractivity contribution in [2.45, 2.75) is 12.7 Å². The summed E-state index contributed by atoms with van der Waals surface area (Å²) in [6, 6.07) is 5.17. The van der Waals surface area contributed by atoms with E-state index in [4.69, 9.17) is 11.6 Å². The first kappa shape index (κ1) is 13.2. The van der Waals surface area contributed by atoms with Crippen LogP contribution in [-0.4, -0.2) is 22.3 Å². The summed E-state index contributed by atoms with van der Waals surface area (Å²) < 4.78 is 37.8. The third-order valence-electron chi connectivity index (χ3n) is 2.54. The predicted octanol–water partition coefficient (Wildman–Crippen LogP) is 2.88. The number of nitrogens with one attached hydrogen (secondary N) is 1. The minimum atomic E-state index is -4.21. The third-order valence-corrected chi connectivity index (χ3v) is 2.78. The van der Waals surface area contributed by atoms with E-state index in [1.54, 1.807) is 29.8 Å². The molecule has 0 spiro atoms. The smallest absolute Gasteiger partial charge is 0.330 e. The van der Waals surface area contributed by atoms with Gasteiger partial charge in [0, 0.05) is 12.1 Å².